The molecule has 0 aromatic heterocycles. The van der Waals surface area contributed by atoms with Crippen LogP contribution in [0.15, 0.2) is 72.8 Å². The maximum absolute atomic E-state index is 12.0. The van der Waals surface area contributed by atoms with Gasteiger partial charge in [0.15, 0.2) is 0 Å². The maximum atomic E-state index is 12.0. The molecule has 0 saturated heterocycles. The van der Waals surface area contributed by atoms with E-state index in [9.17, 15) is 9.59 Å². The molecule has 0 spiro atoms. The van der Waals surface area contributed by atoms with Crippen LogP contribution >= 0.6 is 0 Å². The topological polar surface area (TPSA) is 52.6 Å². The van der Waals surface area contributed by atoms with Gasteiger partial charge in [0.05, 0.1) is 0 Å². The minimum Gasteiger partial charge on any atom is -0.450 e. The Morgan fingerprint density at radius 2 is 1.12 bits per heavy atom. The highest BCUT2D eigenvalue weighted by atomic mass is 16.5. The Bertz CT molecular complexity index is 875. The quantitative estimate of drug-likeness (QED) is 0.617. The van der Waals surface area contributed by atoms with E-state index in [1.807, 2.05) is 72.8 Å². The van der Waals surface area contributed by atoms with Crippen molar-refractivity contribution in [3.05, 3.63) is 95.1 Å². The van der Waals surface area contributed by atoms with E-state index in [4.69, 9.17) is 9.47 Å². The molecule has 0 aliphatic heterocycles. The van der Waals surface area contributed by atoms with Gasteiger partial charge in [-0.15, -0.1) is 0 Å². The number of rotatable bonds is 4. The van der Waals surface area contributed by atoms with E-state index in [-0.39, 0.29) is 0 Å². The van der Waals surface area contributed by atoms with Gasteiger partial charge in [-0.05, 0) is 23.3 Å². The van der Waals surface area contributed by atoms with Crippen molar-refractivity contribution in [1.29, 1.82) is 0 Å². The SMILES string of the molecule is O=C(/C=C/C(=O)OC1C=Cc2ccccc21)OC1C=Cc2ccccc21. The number of carbonyl (C=O) groups excluding carboxylic acids is 2. The van der Waals surface area contributed by atoms with Gasteiger partial charge in [0.25, 0.3) is 0 Å². The summed E-state index contributed by atoms with van der Waals surface area (Å²) in [7, 11) is 0. The molecule has 2 aromatic rings. The van der Waals surface area contributed by atoms with E-state index < -0.39 is 24.1 Å². The zero-order valence-electron chi connectivity index (χ0n) is 13.9. The van der Waals surface area contributed by atoms with Crippen molar-refractivity contribution in [3.8, 4) is 0 Å². The molecule has 0 radical (unpaired) electrons. The largest absolute Gasteiger partial charge is 0.450 e. The number of hydrogen-bond donors (Lipinski definition) is 0. The average Bonchev–Trinajstić information content (AvgIpc) is 3.25. The summed E-state index contributed by atoms with van der Waals surface area (Å²) in [6, 6.07) is 15.4. The normalized spacial score (nSPS) is 19.4. The Balaban J connectivity index is 1.34. The molecule has 0 saturated carbocycles. The van der Waals surface area contributed by atoms with Gasteiger partial charge in [-0.3, -0.25) is 0 Å². The minimum absolute atomic E-state index is 0.427. The van der Waals surface area contributed by atoms with E-state index in [1.165, 1.54) is 0 Å². The van der Waals surface area contributed by atoms with Crippen molar-refractivity contribution < 1.29 is 19.1 Å². The fourth-order valence-corrected chi connectivity index (χ4v) is 3.10. The van der Waals surface area contributed by atoms with Crippen LogP contribution in [0.3, 0.4) is 0 Å². The van der Waals surface area contributed by atoms with Gasteiger partial charge in [-0.25, -0.2) is 9.59 Å². The van der Waals surface area contributed by atoms with Crippen molar-refractivity contribution in [2.24, 2.45) is 0 Å². The van der Waals surface area contributed by atoms with Gasteiger partial charge in [-0.2, -0.15) is 0 Å². The van der Waals surface area contributed by atoms with Crippen LogP contribution in [0.2, 0.25) is 0 Å². The van der Waals surface area contributed by atoms with E-state index in [0.29, 0.717) is 0 Å². The Labute approximate surface area is 151 Å². The molecule has 2 aliphatic carbocycles. The molecule has 128 valence electrons. The highest BCUT2D eigenvalue weighted by molar-refractivity contribution is 5.92. The zero-order chi connectivity index (χ0) is 17.9. The second-order valence-corrected chi connectivity index (χ2v) is 6.02. The molecule has 26 heavy (non-hydrogen) atoms. The Hall–Kier alpha value is -3.40. The Morgan fingerprint density at radius 1 is 0.692 bits per heavy atom. The van der Waals surface area contributed by atoms with Crippen molar-refractivity contribution in [2.45, 2.75) is 12.2 Å². The lowest BCUT2D eigenvalue weighted by atomic mass is 10.1. The minimum atomic E-state index is -0.587. The summed E-state index contributed by atoms with van der Waals surface area (Å²) in [4.78, 5) is 24.0. The molecule has 4 heteroatoms. The molecular formula is C22H16O4. The summed E-state index contributed by atoms with van der Waals surface area (Å²) in [5.74, 6) is -1.17. The van der Waals surface area contributed by atoms with Gasteiger partial charge in [-0.1, -0.05) is 60.7 Å². The second kappa shape index (κ2) is 6.84. The van der Waals surface area contributed by atoms with Gasteiger partial charge in [0.2, 0.25) is 0 Å². The molecule has 2 unspecified atom stereocenters. The summed E-state index contributed by atoms with van der Waals surface area (Å²) in [6.45, 7) is 0. The molecule has 2 aliphatic rings. The fraction of sp³-hybridized carbons (Fsp3) is 0.0909. The lowest BCUT2D eigenvalue weighted by Crippen LogP contribution is -2.09. The number of carbonyl (C=O) groups is 2. The van der Waals surface area contributed by atoms with Crippen LogP contribution in [0.4, 0.5) is 0 Å². The van der Waals surface area contributed by atoms with E-state index >= 15 is 0 Å². The van der Waals surface area contributed by atoms with Gasteiger partial charge >= 0.3 is 11.9 Å². The number of benzene rings is 2. The van der Waals surface area contributed by atoms with Crippen molar-refractivity contribution >= 4 is 24.1 Å². The number of ether oxygens (including phenoxy) is 2. The fourth-order valence-electron chi connectivity index (χ4n) is 3.10. The first kappa shape index (κ1) is 16.1. The third-order valence-electron chi connectivity index (χ3n) is 4.35. The lowest BCUT2D eigenvalue weighted by Gasteiger charge is -2.12. The third-order valence-corrected chi connectivity index (χ3v) is 4.35. The summed E-state index contributed by atoms with van der Waals surface area (Å²) < 4.78 is 10.8. The number of fused-ring (bicyclic) bond motifs is 2. The average molecular weight is 344 g/mol. The highest BCUT2D eigenvalue weighted by Crippen LogP contribution is 2.31. The first-order valence-corrected chi connectivity index (χ1v) is 8.34. The first-order chi connectivity index (χ1) is 12.7. The maximum Gasteiger partial charge on any atom is 0.331 e. The van der Waals surface area contributed by atoms with Crippen LogP contribution in [-0.4, -0.2) is 11.9 Å². The first-order valence-electron chi connectivity index (χ1n) is 8.34. The molecule has 0 bridgehead atoms. The summed E-state index contributed by atoms with van der Waals surface area (Å²) in [6.07, 6.45) is 8.80. The molecule has 4 rings (SSSR count). The molecule has 0 heterocycles. The molecule has 2 aromatic carbocycles. The van der Waals surface area contributed by atoms with Crippen LogP contribution in [0.1, 0.15) is 34.5 Å². The number of hydrogen-bond acceptors (Lipinski definition) is 4. The Morgan fingerprint density at radius 3 is 1.58 bits per heavy atom. The molecule has 0 amide bonds. The number of esters is 2. The van der Waals surface area contributed by atoms with Crippen molar-refractivity contribution in [3.63, 3.8) is 0 Å². The summed E-state index contributed by atoms with van der Waals surface area (Å²) >= 11 is 0. The molecular weight excluding hydrogens is 328 g/mol. The van der Waals surface area contributed by atoms with Crippen LogP contribution in [0, 0.1) is 0 Å². The monoisotopic (exact) mass is 344 g/mol. The zero-order valence-corrected chi connectivity index (χ0v) is 13.9. The molecule has 0 N–H and O–H groups in total. The van der Waals surface area contributed by atoms with E-state index in [2.05, 4.69) is 0 Å². The standard InChI is InChI=1S/C22H16O4/c23-21(25-19-11-9-15-5-1-3-7-17(15)19)13-14-22(24)26-20-12-10-16-6-2-4-8-18(16)20/h1-14,19-20H/b14-13+. The lowest BCUT2D eigenvalue weighted by molar-refractivity contribution is -0.143. The predicted octanol–water partition coefficient (Wildman–Crippen LogP) is 4.17. The van der Waals surface area contributed by atoms with Crippen molar-refractivity contribution in [1.82, 2.24) is 0 Å². The second-order valence-electron chi connectivity index (χ2n) is 6.02. The third kappa shape index (κ3) is 3.22. The summed E-state index contributed by atoms with van der Waals surface area (Å²) in [5.41, 5.74) is 3.93. The highest BCUT2D eigenvalue weighted by Gasteiger charge is 2.21. The van der Waals surface area contributed by atoms with Crippen molar-refractivity contribution in [2.75, 3.05) is 0 Å². The smallest absolute Gasteiger partial charge is 0.331 e. The predicted molar refractivity (Wildman–Crippen MR) is 97.8 cm³/mol. The van der Waals surface area contributed by atoms with E-state index in [1.54, 1.807) is 0 Å². The van der Waals surface area contributed by atoms with Gasteiger partial charge in [0.1, 0.15) is 12.2 Å². The van der Waals surface area contributed by atoms with Crippen LogP contribution in [0.25, 0.3) is 12.2 Å². The summed E-state index contributed by atoms with van der Waals surface area (Å²) in [5, 5.41) is 0. The van der Waals surface area contributed by atoms with Crippen LogP contribution in [0.5, 0.6) is 0 Å². The Kier molecular flexibility index (Phi) is 4.23. The van der Waals surface area contributed by atoms with Gasteiger partial charge in [0, 0.05) is 23.3 Å². The van der Waals surface area contributed by atoms with Crippen LogP contribution < -0.4 is 0 Å². The van der Waals surface area contributed by atoms with Gasteiger partial charge < -0.3 is 9.47 Å². The van der Waals surface area contributed by atoms with Crippen LogP contribution in [-0.2, 0) is 19.1 Å². The van der Waals surface area contributed by atoms with E-state index in [0.717, 1.165) is 34.4 Å². The molecule has 0 fully saturated rings. The molecule has 2 atom stereocenters. The molecule has 4 nitrogen and oxygen atoms in total.